The molecule has 0 aliphatic carbocycles. The fraction of sp³-hybridized carbons (Fsp3) is 0.467. The molecule has 1 aliphatic heterocycles. The first-order valence-corrected chi connectivity index (χ1v) is 7.49. The average Bonchev–Trinajstić information content (AvgIpc) is 2.48. The lowest BCUT2D eigenvalue weighted by Gasteiger charge is -2.32. The van der Waals surface area contributed by atoms with Crippen molar-refractivity contribution in [2.24, 2.45) is 5.92 Å². The van der Waals surface area contributed by atoms with Crippen LogP contribution in [0.15, 0.2) is 24.3 Å². The van der Waals surface area contributed by atoms with Crippen molar-refractivity contribution in [3.63, 3.8) is 0 Å². The van der Waals surface area contributed by atoms with E-state index in [1.54, 1.807) is 24.3 Å². The Balaban J connectivity index is 1.94. The number of benzene rings is 1. The summed E-state index contributed by atoms with van der Waals surface area (Å²) in [6, 6.07) is 6.92. The third-order valence-electron chi connectivity index (χ3n) is 3.62. The van der Waals surface area contributed by atoms with Gasteiger partial charge in [-0.05, 0) is 24.1 Å². The van der Waals surface area contributed by atoms with E-state index in [-0.39, 0.29) is 25.3 Å². The number of amides is 2. The van der Waals surface area contributed by atoms with E-state index in [0.717, 1.165) is 5.56 Å². The number of halogens is 4. The number of carbonyl (C=O) groups is 2. The SMILES string of the molecule is O=C(NCC(F)(F)F)[C@H]1CCC(=O)N(Cc2ccc(Cl)cc2)C1. The van der Waals surface area contributed by atoms with Crippen LogP contribution in [0, 0.1) is 5.92 Å². The molecule has 1 aromatic carbocycles. The Morgan fingerprint density at radius 1 is 1.30 bits per heavy atom. The number of carbonyl (C=O) groups excluding carboxylic acids is 2. The summed E-state index contributed by atoms with van der Waals surface area (Å²) in [5.41, 5.74) is 0.846. The predicted octanol–water partition coefficient (Wildman–Crippen LogP) is 2.76. The molecule has 8 heteroatoms. The van der Waals surface area contributed by atoms with Crippen molar-refractivity contribution in [2.75, 3.05) is 13.1 Å². The molecule has 0 bridgehead atoms. The Kier molecular flexibility index (Phi) is 5.51. The van der Waals surface area contributed by atoms with Gasteiger partial charge in [-0.2, -0.15) is 13.2 Å². The minimum Gasteiger partial charge on any atom is -0.347 e. The van der Waals surface area contributed by atoms with Gasteiger partial charge >= 0.3 is 6.18 Å². The first-order chi connectivity index (χ1) is 10.7. The first kappa shape index (κ1) is 17.6. The monoisotopic (exact) mass is 348 g/mol. The molecule has 0 radical (unpaired) electrons. The van der Waals surface area contributed by atoms with Crippen molar-refractivity contribution in [3.05, 3.63) is 34.9 Å². The van der Waals surface area contributed by atoms with E-state index in [0.29, 0.717) is 11.6 Å². The molecule has 1 aromatic rings. The van der Waals surface area contributed by atoms with Gasteiger partial charge in [-0.15, -0.1) is 0 Å². The van der Waals surface area contributed by atoms with Crippen LogP contribution < -0.4 is 5.32 Å². The molecule has 1 fully saturated rings. The molecule has 2 rings (SSSR count). The number of piperidine rings is 1. The number of nitrogens with zero attached hydrogens (tertiary/aromatic N) is 1. The lowest BCUT2D eigenvalue weighted by Crippen LogP contribution is -2.46. The van der Waals surface area contributed by atoms with E-state index in [4.69, 9.17) is 11.6 Å². The Hall–Kier alpha value is -1.76. The first-order valence-electron chi connectivity index (χ1n) is 7.11. The molecule has 1 aliphatic rings. The molecule has 126 valence electrons. The number of hydrogen-bond donors (Lipinski definition) is 1. The summed E-state index contributed by atoms with van der Waals surface area (Å²) in [6.45, 7) is -0.933. The van der Waals surface area contributed by atoms with Crippen LogP contribution in [-0.4, -0.2) is 36.0 Å². The van der Waals surface area contributed by atoms with Crippen LogP contribution in [-0.2, 0) is 16.1 Å². The van der Waals surface area contributed by atoms with Crippen LogP contribution in [0.4, 0.5) is 13.2 Å². The molecule has 1 heterocycles. The molecule has 0 unspecified atom stereocenters. The highest BCUT2D eigenvalue weighted by Gasteiger charge is 2.33. The van der Waals surface area contributed by atoms with Gasteiger partial charge in [0.2, 0.25) is 11.8 Å². The molecular weight excluding hydrogens is 333 g/mol. The van der Waals surface area contributed by atoms with Crippen LogP contribution >= 0.6 is 11.6 Å². The molecule has 1 N–H and O–H groups in total. The summed E-state index contributed by atoms with van der Waals surface area (Å²) in [6.07, 6.45) is -4.03. The van der Waals surface area contributed by atoms with Crippen molar-refractivity contribution < 1.29 is 22.8 Å². The lowest BCUT2D eigenvalue weighted by molar-refractivity contribution is -0.145. The second-order valence-corrected chi connectivity index (χ2v) is 5.91. The summed E-state index contributed by atoms with van der Waals surface area (Å²) in [4.78, 5) is 25.3. The molecule has 4 nitrogen and oxygen atoms in total. The molecule has 0 aromatic heterocycles. The number of hydrogen-bond acceptors (Lipinski definition) is 2. The number of likely N-dealkylation sites (tertiary alicyclic amines) is 1. The van der Waals surface area contributed by atoms with Crippen LogP contribution in [0.5, 0.6) is 0 Å². The second kappa shape index (κ2) is 7.21. The summed E-state index contributed by atoms with van der Waals surface area (Å²) >= 11 is 5.79. The predicted molar refractivity (Wildman–Crippen MR) is 78.7 cm³/mol. The van der Waals surface area contributed by atoms with Gasteiger partial charge in [0.25, 0.3) is 0 Å². The fourth-order valence-corrected chi connectivity index (χ4v) is 2.55. The minimum atomic E-state index is -4.44. The number of nitrogens with one attached hydrogen (secondary N) is 1. The Bertz CT molecular complexity index is 575. The van der Waals surface area contributed by atoms with Gasteiger partial charge in [0, 0.05) is 24.5 Å². The topological polar surface area (TPSA) is 49.4 Å². The highest BCUT2D eigenvalue weighted by molar-refractivity contribution is 6.30. The van der Waals surface area contributed by atoms with Gasteiger partial charge in [-0.3, -0.25) is 9.59 Å². The molecular formula is C15H16ClF3N2O2. The Morgan fingerprint density at radius 3 is 2.57 bits per heavy atom. The van der Waals surface area contributed by atoms with Gasteiger partial charge in [-0.1, -0.05) is 23.7 Å². The maximum atomic E-state index is 12.2. The molecule has 23 heavy (non-hydrogen) atoms. The van der Waals surface area contributed by atoms with Crippen LogP contribution in [0.3, 0.4) is 0 Å². The third kappa shape index (κ3) is 5.42. The minimum absolute atomic E-state index is 0.111. The van der Waals surface area contributed by atoms with E-state index < -0.39 is 24.5 Å². The molecule has 0 spiro atoms. The van der Waals surface area contributed by atoms with E-state index in [1.165, 1.54) is 4.90 Å². The molecule has 1 saturated heterocycles. The maximum Gasteiger partial charge on any atom is 0.405 e. The summed E-state index contributed by atoms with van der Waals surface area (Å²) in [5, 5.41) is 2.45. The summed E-state index contributed by atoms with van der Waals surface area (Å²) in [5.74, 6) is -1.40. The van der Waals surface area contributed by atoms with Crippen molar-refractivity contribution in [2.45, 2.75) is 25.6 Å². The van der Waals surface area contributed by atoms with Gasteiger partial charge in [-0.25, -0.2) is 0 Å². The van der Waals surface area contributed by atoms with Crippen LogP contribution in [0.25, 0.3) is 0 Å². The van der Waals surface area contributed by atoms with E-state index in [1.807, 2.05) is 5.32 Å². The van der Waals surface area contributed by atoms with Gasteiger partial charge < -0.3 is 10.2 Å². The zero-order valence-corrected chi connectivity index (χ0v) is 13.0. The van der Waals surface area contributed by atoms with Crippen LogP contribution in [0.1, 0.15) is 18.4 Å². The summed E-state index contributed by atoms with van der Waals surface area (Å²) in [7, 11) is 0. The van der Waals surface area contributed by atoms with E-state index in [9.17, 15) is 22.8 Å². The molecule has 2 amide bonds. The standard InChI is InChI=1S/C15H16ClF3N2O2/c16-12-4-1-10(2-5-12)7-21-8-11(3-6-13(21)22)14(23)20-9-15(17,18)19/h1-2,4-5,11H,3,6-9H2,(H,20,23)/t11-/m0/s1. The normalized spacial score (nSPS) is 18.9. The Morgan fingerprint density at radius 2 is 1.96 bits per heavy atom. The fourth-order valence-electron chi connectivity index (χ4n) is 2.42. The molecule has 0 saturated carbocycles. The van der Waals surface area contributed by atoms with Crippen LogP contribution in [0.2, 0.25) is 5.02 Å². The van der Waals surface area contributed by atoms with Gasteiger partial charge in [0.15, 0.2) is 0 Å². The largest absolute Gasteiger partial charge is 0.405 e. The molecule has 1 atom stereocenters. The number of alkyl halides is 3. The zero-order chi connectivity index (χ0) is 17.0. The smallest absolute Gasteiger partial charge is 0.347 e. The van der Waals surface area contributed by atoms with Crippen molar-refractivity contribution >= 4 is 23.4 Å². The maximum absolute atomic E-state index is 12.2. The van der Waals surface area contributed by atoms with E-state index >= 15 is 0 Å². The van der Waals surface area contributed by atoms with Crippen molar-refractivity contribution in [3.8, 4) is 0 Å². The van der Waals surface area contributed by atoms with E-state index in [2.05, 4.69) is 0 Å². The zero-order valence-electron chi connectivity index (χ0n) is 12.2. The quantitative estimate of drug-likeness (QED) is 0.909. The number of rotatable bonds is 4. The van der Waals surface area contributed by atoms with Gasteiger partial charge in [0.05, 0.1) is 5.92 Å². The second-order valence-electron chi connectivity index (χ2n) is 5.47. The Labute approximate surface area is 136 Å². The summed E-state index contributed by atoms with van der Waals surface area (Å²) < 4.78 is 36.5. The van der Waals surface area contributed by atoms with Gasteiger partial charge in [0.1, 0.15) is 6.54 Å². The van der Waals surface area contributed by atoms with Crippen molar-refractivity contribution in [1.82, 2.24) is 10.2 Å². The highest BCUT2D eigenvalue weighted by Crippen LogP contribution is 2.21. The lowest BCUT2D eigenvalue weighted by atomic mass is 9.96. The highest BCUT2D eigenvalue weighted by atomic mass is 35.5. The van der Waals surface area contributed by atoms with Crippen molar-refractivity contribution in [1.29, 1.82) is 0 Å². The third-order valence-corrected chi connectivity index (χ3v) is 3.87. The average molecular weight is 349 g/mol.